The Labute approximate surface area is 141 Å². The second-order valence-electron chi connectivity index (χ2n) is 6.21. The summed E-state index contributed by atoms with van der Waals surface area (Å²) < 4.78 is 11.5. The molecule has 2 aliphatic rings. The number of hydrogen-bond acceptors (Lipinski definition) is 4. The molecule has 0 unspecified atom stereocenters. The van der Waals surface area contributed by atoms with Gasteiger partial charge in [-0.2, -0.15) is 0 Å². The minimum absolute atomic E-state index is 0.0617. The summed E-state index contributed by atoms with van der Waals surface area (Å²) in [6, 6.07) is 7.62. The molecule has 0 saturated carbocycles. The average molecular weight is 339 g/mol. The highest BCUT2D eigenvalue weighted by Crippen LogP contribution is 2.22. The number of benzene rings is 1. The van der Waals surface area contributed by atoms with Crippen LogP contribution >= 0.6 is 11.6 Å². The Morgan fingerprint density at radius 1 is 1.57 bits per heavy atom. The molecule has 0 aromatic heterocycles. The Morgan fingerprint density at radius 3 is 3.26 bits per heavy atom. The molecule has 1 aromatic carbocycles. The molecule has 5 nitrogen and oxygen atoms in total. The first-order chi connectivity index (χ1) is 11.1. The van der Waals surface area contributed by atoms with Crippen LogP contribution in [0.25, 0.3) is 0 Å². The van der Waals surface area contributed by atoms with E-state index in [-0.39, 0.29) is 12.0 Å². The first kappa shape index (κ1) is 16.6. The molecule has 1 aromatic rings. The van der Waals surface area contributed by atoms with Gasteiger partial charge in [-0.05, 0) is 44.5 Å². The number of morpholine rings is 1. The van der Waals surface area contributed by atoms with E-state index in [4.69, 9.17) is 21.1 Å². The first-order valence-electron chi connectivity index (χ1n) is 8.17. The molecule has 6 heteroatoms. The van der Waals surface area contributed by atoms with Crippen LogP contribution in [0.3, 0.4) is 0 Å². The lowest BCUT2D eigenvalue weighted by molar-refractivity contribution is -0.128. The molecule has 2 saturated heterocycles. The van der Waals surface area contributed by atoms with Crippen LogP contribution in [-0.4, -0.2) is 55.3 Å². The number of amides is 1. The predicted molar refractivity (Wildman–Crippen MR) is 88.9 cm³/mol. The maximum absolute atomic E-state index is 12.2. The number of rotatable bonds is 5. The SMILES string of the molecule is C[C@H](Oc1cccc(Cl)c1)C(=O)NC[C@H]1CN2CCC[C@H]2CO1. The van der Waals surface area contributed by atoms with E-state index in [0.29, 0.717) is 23.4 Å². The minimum Gasteiger partial charge on any atom is -0.481 e. The normalized spacial score (nSPS) is 25.7. The number of ether oxygens (including phenoxy) is 2. The van der Waals surface area contributed by atoms with Gasteiger partial charge in [0.25, 0.3) is 5.91 Å². The molecule has 126 valence electrons. The quantitative estimate of drug-likeness (QED) is 0.893. The lowest BCUT2D eigenvalue weighted by atomic mass is 10.2. The Hall–Kier alpha value is -1.30. The first-order valence-corrected chi connectivity index (χ1v) is 8.55. The molecule has 0 bridgehead atoms. The molecule has 2 heterocycles. The molecule has 2 aliphatic heterocycles. The van der Waals surface area contributed by atoms with Gasteiger partial charge in [-0.3, -0.25) is 9.69 Å². The van der Waals surface area contributed by atoms with Crippen LogP contribution < -0.4 is 10.1 Å². The van der Waals surface area contributed by atoms with E-state index in [0.717, 1.165) is 19.7 Å². The summed E-state index contributed by atoms with van der Waals surface area (Å²) in [6.45, 7) is 5.07. The van der Waals surface area contributed by atoms with Gasteiger partial charge in [0.2, 0.25) is 0 Å². The van der Waals surface area contributed by atoms with E-state index < -0.39 is 6.10 Å². The predicted octanol–water partition coefficient (Wildman–Crippen LogP) is 2.09. The van der Waals surface area contributed by atoms with Crippen LogP contribution in [0.4, 0.5) is 0 Å². The number of carbonyl (C=O) groups is 1. The number of halogens is 1. The van der Waals surface area contributed by atoms with Crippen molar-refractivity contribution in [2.75, 3.05) is 26.2 Å². The summed E-state index contributed by atoms with van der Waals surface area (Å²) in [5, 5.41) is 3.51. The van der Waals surface area contributed by atoms with Gasteiger partial charge in [-0.15, -0.1) is 0 Å². The summed E-state index contributed by atoms with van der Waals surface area (Å²) in [7, 11) is 0. The summed E-state index contributed by atoms with van der Waals surface area (Å²) >= 11 is 5.91. The molecule has 0 aliphatic carbocycles. The third kappa shape index (κ3) is 4.37. The zero-order valence-corrected chi connectivity index (χ0v) is 14.1. The van der Waals surface area contributed by atoms with Gasteiger partial charge in [-0.25, -0.2) is 0 Å². The minimum atomic E-state index is -0.573. The Bertz CT molecular complexity index is 554. The highest BCUT2D eigenvalue weighted by molar-refractivity contribution is 6.30. The molecule has 3 rings (SSSR count). The molecule has 2 fully saturated rings. The standard InChI is InChI=1S/C17H23ClN2O3/c1-12(23-15-6-2-4-13(18)8-15)17(21)19-9-16-10-20-7-3-5-14(20)11-22-16/h2,4,6,8,12,14,16H,3,5,7,9-11H2,1H3,(H,19,21)/t12-,14-,16-/m0/s1. The van der Waals surface area contributed by atoms with Gasteiger partial charge in [0.1, 0.15) is 5.75 Å². The van der Waals surface area contributed by atoms with E-state index >= 15 is 0 Å². The molecule has 23 heavy (non-hydrogen) atoms. The van der Waals surface area contributed by atoms with Crippen molar-refractivity contribution >= 4 is 17.5 Å². The van der Waals surface area contributed by atoms with Crippen LogP contribution in [0.2, 0.25) is 5.02 Å². The average Bonchev–Trinajstić information content (AvgIpc) is 3.00. The molecule has 3 atom stereocenters. The summed E-state index contributed by atoms with van der Waals surface area (Å²) in [5.74, 6) is 0.450. The molecular weight excluding hydrogens is 316 g/mol. The van der Waals surface area contributed by atoms with Crippen molar-refractivity contribution < 1.29 is 14.3 Å². The van der Waals surface area contributed by atoms with Crippen molar-refractivity contribution in [1.29, 1.82) is 0 Å². The van der Waals surface area contributed by atoms with Gasteiger partial charge < -0.3 is 14.8 Å². The summed E-state index contributed by atoms with van der Waals surface area (Å²) in [5.41, 5.74) is 0. The van der Waals surface area contributed by atoms with Crippen LogP contribution in [0.1, 0.15) is 19.8 Å². The fourth-order valence-corrected chi connectivity index (χ4v) is 3.35. The molecular formula is C17H23ClN2O3. The van der Waals surface area contributed by atoms with Crippen molar-refractivity contribution in [3.63, 3.8) is 0 Å². The number of nitrogens with one attached hydrogen (secondary N) is 1. The second-order valence-corrected chi connectivity index (χ2v) is 6.65. The number of hydrogen-bond donors (Lipinski definition) is 1. The van der Waals surface area contributed by atoms with Crippen LogP contribution in [0.15, 0.2) is 24.3 Å². The molecule has 0 radical (unpaired) electrons. The maximum Gasteiger partial charge on any atom is 0.260 e. The Morgan fingerprint density at radius 2 is 2.43 bits per heavy atom. The van der Waals surface area contributed by atoms with Gasteiger partial charge in [0, 0.05) is 24.2 Å². The van der Waals surface area contributed by atoms with Crippen molar-refractivity contribution in [2.24, 2.45) is 0 Å². The fourth-order valence-electron chi connectivity index (χ4n) is 3.17. The molecule has 0 spiro atoms. The van der Waals surface area contributed by atoms with E-state index in [9.17, 15) is 4.79 Å². The number of nitrogens with zero attached hydrogens (tertiary/aromatic N) is 1. The third-order valence-electron chi connectivity index (χ3n) is 4.44. The monoisotopic (exact) mass is 338 g/mol. The highest BCUT2D eigenvalue weighted by atomic mass is 35.5. The highest BCUT2D eigenvalue weighted by Gasteiger charge is 2.32. The second kappa shape index (κ2) is 7.51. The van der Waals surface area contributed by atoms with Crippen LogP contribution in [0, 0.1) is 0 Å². The topological polar surface area (TPSA) is 50.8 Å². The largest absolute Gasteiger partial charge is 0.481 e. The van der Waals surface area contributed by atoms with Crippen molar-refractivity contribution in [3.05, 3.63) is 29.3 Å². The third-order valence-corrected chi connectivity index (χ3v) is 4.68. The van der Waals surface area contributed by atoms with Gasteiger partial charge in [0.15, 0.2) is 6.10 Å². The van der Waals surface area contributed by atoms with Gasteiger partial charge in [-0.1, -0.05) is 17.7 Å². The number of fused-ring (bicyclic) bond motifs is 1. The smallest absolute Gasteiger partial charge is 0.260 e. The Balaban J connectivity index is 1.43. The van der Waals surface area contributed by atoms with Gasteiger partial charge >= 0.3 is 0 Å². The Kier molecular flexibility index (Phi) is 5.41. The van der Waals surface area contributed by atoms with Crippen molar-refractivity contribution in [1.82, 2.24) is 10.2 Å². The van der Waals surface area contributed by atoms with Gasteiger partial charge in [0.05, 0.1) is 12.7 Å². The van der Waals surface area contributed by atoms with Crippen LogP contribution in [-0.2, 0) is 9.53 Å². The maximum atomic E-state index is 12.2. The molecule has 1 amide bonds. The summed E-state index contributed by atoms with van der Waals surface area (Å²) in [6.07, 6.45) is 1.96. The molecule has 1 N–H and O–H groups in total. The van der Waals surface area contributed by atoms with E-state index in [1.165, 1.54) is 12.8 Å². The lowest BCUT2D eigenvalue weighted by Gasteiger charge is -2.35. The van der Waals surface area contributed by atoms with Crippen molar-refractivity contribution in [3.8, 4) is 5.75 Å². The van der Waals surface area contributed by atoms with Crippen LogP contribution in [0.5, 0.6) is 5.75 Å². The number of carbonyl (C=O) groups excluding carboxylic acids is 1. The lowest BCUT2D eigenvalue weighted by Crippen LogP contribution is -2.51. The zero-order chi connectivity index (χ0) is 16.2. The van der Waals surface area contributed by atoms with E-state index in [2.05, 4.69) is 10.2 Å². The zero-order valence-electron chi connectivity index (χ0n) is 13.3. The summed E-state index contributed by atoms with van der Waals surface area (Å²) in [4.78, 5) is 14.6. The van der Waals surface area contributed by atoms with E-state index in [1.807, 2.05) is 0 Å². The fraction of sp³-hybridized carbons (Fsp3) is 0.588. The van der Waals surface area contributed by atoms with Crippen molar-refractivity contribution in [2.45, 2.75) is 38.0 Å². The van der Waals surface area contributed by atoms with E-state index in [1.54, 1.807) is 31.2 Å².